The Morgan fingerprint density at radius 3 is 2.65 bits per heavy atom. The van der Waals surface area contributed by atoms with E-state index in [2.05, 4.69) is 0 Å². The molecule has 2 aromatic heterocycles. The van der Waals surface area contributed by atoms with Crippen LogP contribution in [-0.4, -0.2) is 16.7 Å². The molecule has 1 aliphatic carbocycles. The lowest BCUT2D eigenvalue weighted by atomic mass is 9.71. The van der Waals surface area contributed by atoms with Crippen LogP contribution in [0, 0.1) is 5.92 Å². The number of hydrogen-bond donors (Lipinski definition) is 1. The molecule has 3 rings (SSSR count). The summed E-state index contributed by atoms with van der Waals surface area (Å²) in [6, 6.07) is 7.25. The van der Waals surface area contributed by atoms with Crippen LogP contribution in [0.5, 0.6) is 0 Å². The maximum Gasteiger partial charge on any atom is 0.179 e. The molecule has 0 spiro atoms. The van der Waals surface area contributed by atoms with Crippen molar-refractivity contribution in [3.05, 3.63) is 44.8 Å². The molecule has 2 heterocycles. The second kappa shape index (κ2) is 5.24. The van der Waals surface area contributed by atoms with Crippen LogP contribution >= 0.6 is 22.7 Å². The van der Waals surface area contributed by atoms with E-state index in [0.717, 1.165) is 0 Å². The van der Waals surface area contributed by atoms with Gasteiger partial charge in [0, 0.05) is 17.7 Å². The first kappa shape index (κ1) is 13.7. The SMILES string of the molecule is O=C1CC[C@H](C(=O)c2cccs2)[C@@](O)(c2cccs2)C1. The maximum atomic E-state index is 12.6. The summed E-state index contributed by atoms with van der Waals surface area (Å²) in [6.45, 7) is 0. The Morgan fingerprint density at radius 2 is 2.00 bits per heavy atom. The summed E-state index contributed by atoms with van der Waals surface area (Å²) in [6.07, 6.45) is 0.828. The number of carbonyl (C=O) groups excluding carboxylic acids is 2. The van der Waals surface area contributed by atoms with Crippen molar-refractivity contribution >= 4 is 34.2 Å². The molecule has 0 amide bonds. The quantitative estimate of drug-likeness (QED) is 0.886. The van der Waals surface area contributed by atoms with Gasteiger partial charge in [0.25, 0.3) is 0 Å². The molecular formula is C15H14O3S2. The fraction of sp³-hybridized carbons (Fsp3) is 0.333. The molecule has 20 heavy (non-hydrogen) atoms. The predicted molar refractivity (Wildman–Crippen MR) is 79.2 cm³/mol. The van der Waals surface area contributed by atoms with E-state index in [1.807, 2.05) is 22.9 Å². The van der Waals surface area contributed by atoms with E-state index in [1.165, 1.54) is 22.7 Å². The summed E-state index contributed by atoms with van der Waals surface area (Å²) < 4.78 is 0. The number of thiophene rings is 2. The molecule has 2 aromatic rings. The molecule has 0 saturated heterocycles. The molecule has 0 aromatic carbocycles. The Kier molecular flexibility index (Phi) is 3.58. The molecule has 5 heteroatoms. The van der Waals surface area contributed by atoms with Crippen LogP contribution in [0.2, 0.25) is 0 Å². The molecule has 0 radical (unpaired) electrons. The lowest BCUT2D eigenvalue weighted by Crippen LogP contribution is -2.44. The Morgan fingerprint density at radius 1 is 1.25 bits per heavy atom. The minimum Gasteiger partial charge on any atom is -0.383 e. The monoisotopic (exact) mass is 306 g/mol. The van der Waals surface area contributed by atoms with E-state index in [0.29, 0.717) is 22.6 Å². The fourth-order valence-electron chi connectivity index (χ4n) is 2.78. The van der Waals surface area contributed by atoms with Crippen LogP contribution in [0.25, 0.3) is 0 Å². The van der Waals surface area contributed by atoms with E-state index in [-0.39, 0.29) is 18.0 Å². The number of rotatable bonds is 3. The van der Waals surface area contributed by atoms with E-state index in [1.54, 1.807) is 12.1 Å². The standard InChI is InChI=1S/C15H14O3S2/c16-10-5-6-11(14(17)12-3-1-7-19-12)15(18,9-10)13-4-2-8-20-13/h1-4,7-8,11,18H,5-6,9H2/t11-,15-/m1/s1. The maximum absolute atomic E-state index is 12.6. The summed E-state index contributed by atoms with van der Waals surface area (Å²) in [5, 5.41) is 14.7. The summed E-state index contributed by atoms with van der Waals surface area (Å²) in [5.41, 5.74) is -1.34. The van der Waals surface area contributed by atoms with Gasteiger partial charge in [0.05, 0.1) is 10.8 Å². The van der Waals surface area contributed by atoms with Gasteiger partial charge in [-0.2, -0.15) is 0 Å². The third kappa shape index (κ3) is 2.26. The number of carbonyl (C=O) groups is 2. The van der Waals surface area contributed by atoms with E-state index in [4.69, 9.17) is 0 Å². The van der Waals surface area contributed by atoms with Crippen molar-refractivity contribution in [3.63, 3.8) is 0 Å². The lowest BCUT2D eigenvalue weighted by Gasteiger charge is -2.37. The Labute approximate surface area is 124 Å². The molecule has 1 saturated carbocycles. The Hall–Kier alpha value is -1.30. The van der Waals surface area contributed by atoms with Gasteiger partial charge in [0.2, 0.25) is 0 Å². The Balaban J connectivity index is 1.99. The largest absolute Gasteiger partial charge is 0.383 e. The molecule has 2 atom stereocenters. The smallest absolute Gasteiger partial charge is 0.179 e. The highest BCUT2D eigenvalue weighted by molar-refractivity contribution is 7.12. The zero-order valence-corrected chi connectivity index (χ0v) is 12.4. The first-order valence-corrected chi connectivity index (χ1v) is 8.23. The third-order valence-electron chi connectivity index (χ3n) is 3.78. The van der Waals surface area contributed by atoms with Crippen molar-refractivity contribution < 1.29 is 14.7 Å². The molecule has 104 valence electrons. The first-order valence-electron chi connectivity index (χ1n) is 6.47. The Bertz CT molecular complexity index is 616. The highest BCUT2D eigenvalue weighted by Crippen LogP contribution is 2.44. The molecule has 1 aliphatic rings. The summed E-state index contributed by atoms with van der Waals surface area (Å²) in [4.78, 5) is 25.7. The van der Waals surface area contributed by atoms with Crippen molar-refractivity contribution in [2.45, 2.75) is 24.9 Å². The van der Waals surface area contributed by atoms with Crippen molar-refractivity contribution in [2.75, 3.05) is 0 Å². The van der Waals surface area contributed by atoms with Crippen LogP contribution in [0.15, 0.2) is 35.0 Å². The number of ketones is 2. The van der Waals surface area contributed by atoms with Gasteiger partial charge in [-0.05, 0) is 29.3 Å². The minimum atomic E-state index is -1.34. The first-order chi connectivity index (χ1) is 9.61. The van der Waals surface area contributed by atoms with Crippen molar-refractivity contribution in [3.8, 4) is 0 Å². The van der Waals surface area contributed by atoms with Crippen LogP contribution in [-0.2, 0) is 10.4 Å². The topological polar surface area (TPSA) is 54.4 Å². The average Bonchev–Trinajstić information content (AvgIpc) is 3.12. The van der Waals surface area contributed by atoms with Crippen molar-refractivity contribution in [1.29, 1.82) is 0 Å². The molecule has 0 bridgehead atoms. The number of hydrogen-bond acceptors (Lipinski definition) is 5. The minimum absolute atomic E-state index is 0.0242. The molecule has 0 unspecified atom stereocenters. The van der Waals surface area contributed by atoms with E-state index >= 15 is 0 Å². The predicted octanol–water partition coefficient (Wildman–Crippen LogP) is 3.25. The molecule has 1 fully saturated rings. The summed E-state index contributed by atoms with van der Waals surface area (Å²) >= 11 is 2.78. The van der Waals surface area contributed by atoms with Gasteiger partial charge in [-0.15, -0.1) is 22.7 Å². The molecule has 0 aliphatic heterocycles. The highest BCUT2D eigenvalue weighted by Gasteiger charge is 2.48. The van der Waals surface area contributed by atoms with E-state index in [9.17, 15) is 14.7 Å². The van der Waals surface area contributed by atoms with Crippen LogP contribution < -0.4 is 0 Å². The zero-order chi connectivity index (χ0) is 14.2. The number of Topliss-reactive ketones (excluding diaryl/α,β-unsaturated/α-hetero) is 2. The van der Waals surface area contributed by atoms with Crippen molar-refractivity contribution in [2.24, 2.45) is 5.92 Å². The molecule has 3 nitrogen and oxygen atoms in total. The van der Waals surface area contributed by atoms with Gasteiger partial charge in [-0.1, -0.05) is 12.1 Å². The lowest BCUT2D eigenvalue weighted by molar-refractivity contribution is -0.131. The normalized spacial score (nSPS) is 26.6. The van der Waals surface area contributed by atoms with E-state index < -0.39 is 11.5 Å². The van der Waals surface area contributed by atoms with Gasteiger partial charge < -0.3 is 5.11 Å². The zero-order valence-electron chi connectivity index (χ0n) is 10.7. The fourth-order valence-corrected chi connectivity index (χ4v) is 4.38. The molecular weight excluding hydrogens is 292 g/mol. The van der Waals surface area contributed by atoms with Gasteiger partial charge in [-0.3, -0.25) is 9.59 Å². The van der Waals surface area contributed by atoms with Crippen LogP contribution in [0.1, 0.15) is 33.8 Å². The molecule has 1 N–H and O–H groups in total. The van der Waals surface area contributed by atoms with Gasteiger partial charge in [0.15, 0.2) is 5.78 Å². The van der Waals surface area contributed by atoms with Gasteiger partial charge in [-0.25, -0.2) is 0 Å². The average molecular weight is 306 g/mol. The van der Waals surface area contributed by atoms with Crippen LogP contribution in [0.3, 0.4) is 0 Å². The van der Waals surface area contributed by atoms with Crippen LogP contribution in [0.4, 0.5) is 0 Å². The summed E-state index contributed by atoms with van der Waals surface area (Å²) in [5.74, 6) is -0.558. The summed E-state index contributed by atoms with van der Waals surface area (Å²) in [7, 11) is 0. The van der Waals surface area contributed by atoms with Gasteiger partial charge >= 0.3 is 0 Å². The third-order valence-corrected chi connectivity index (χ3v) is 5.70. The number of aliphatic hydroxyl groups is 1. The van der Waals surface area contributed by atoms with Crippen molar-refractivity contribution in [1.82, 2.24) is 0 Å². The van der Waals surface area contributed by atoms with Gasteiger partial charge in [0.1, 0.15) is 11.4 Å². The second-order valence-corrected chi connectivity index (χ2v) is 6.95. The second-order valence-electron chi connectivity index (χ2n) is 5.05. The highest BCUT2D eigenvalue weighted by atomic mass is 32.1.